The largest absolute Gasteiger partial charge is 0.618 e. The molecule has 3 aromatic rings. The maximum Gasteiger partial charge on any atom is 0.361 e. The molecule has 0 N–H and O–H groups in total. The fourth-order valence-corrected chi connectivity index (χ4v) is 2.09. The van der Waals surface area contributed by atoms with Gasteiger partial charge in [0, 0.05) is 6.07 Å². The first-order valence-electron chi connectivity index (χ1n) is 6.29. The second kappa shape index (κ2) is 5.16. The second-order valence-corrected chi connectivity index (χ2v) is 4.29. The fraction of sp³-hybridized carbons (Fsp3) is 0.0667. The highest BCUT2D eigenvalue weighted by molar-refractivity contribution is 5.72. The van der Waals surface area contributed by atoms with E-state index in [9.17, 15) is 10.0 Å². The van der Waals surface area contributed by atoms with E-state index in [2.05, 4.69) is 6.58 Å². The quantitative estimate of drug-likeness (QED) is 0.413. The van der Waals surface area contributed by atoms with Crippen molar-refractivity contribution in [2.45, 2.75) is 0 Å². The van der Waals surface area contributed by atoms with Crippen LogP contribution in [0.1, 0.15) is 0 Å². The molecule has 0 unspecified atom stereocenters. The van der Waals surface area contributed by atoms with Crippen LogP contribution in [0.3, 0.4) is 0 Å². The van der Waals surface area contributed by atoms with Gasteiger partial charge in [0.15, 0.2) is 5.52 Å². The maximum atomic E-state index is 12.5. The Morgan fingerprint density at radius 2 is 2.14 bits per heavy atom. The summed E-state index contributed by atoms with van der Waals surface area (Å²) in [7, 11) is 0. The summed E-state index contributed by atoms with van der Waals surface area (Å²) in [6.45, 7) is 3.69. The summed E-state index contributed by atoms with van der Waals surface area (Å²) >= 11 is 0. The molecule has 0 aliphatic heterocycles. The van der Waals surface area contributed by atoms with Crippen LogP contribution in [0.4, 0.5) is 0 Å². The number of rotatable bonds is 4. The highest BCUT2D eigenvalue weighted by Crippen LogP contribution is 2.15. The molecule has 1 aromatic carbocycles. The standard InChI is InChI=1S/C15H12N2O4/c1-2-9-21-17-12-7-4-3-6-11(12)16(19)14(15(17)18)13-8-5-10-20-13/h2-8,10H,1,9H2. The van der Waals surface area contributed by atoms with Crippen LogP contribution in [-0.2, 0) is 0 Å². The van der Waals surface area contributed by atoms with Crippen molar-refractivity contribution in [1.82, 2.24) is 4.73 Å². The van der Waals surface area contributed by atoms with Gasteiger partial charge < -0.3 is 14.5 Å². The van der Waals surface area contributed by atoms with Gasteiger partial charge in [0.1, 0.15) is 6.61 Å². The molecule has 0 aliphatic carbocycles. The van der Waals surface area contributed by atoms with Crippen molar-refractivity contribution in [3.63, 3.8) is 0 Å². The molecule has 2 aromatic heterocycles. The summed E-state index contributed by atoms with van der Waals surface area (Å²) in [6, 6.07) is 9.85. The monoisotopic (exact) mass is 284 g/mol. The third-order valence-electron chi connectivity index (χ3n) is 2.99. The number of fused-ring (bicyclic) bond motifs is 1. The zero-order valence-electron chi connectivity index (χ0n) is 11.1. The molecular formula is C15H12N2O4. The van der Waals surface area contributed by atoms with Crippen molar-refractivity contribution in [3.05, 3.63) is 70.9 Å². The van der Waals surface area contributed by atoms with Crippen molar-refractivity contribution < 1.29 is 14.0 Å². The van der Waals surface area contributed by atoms with E-state index in [1.807, 2.05) is 0 Å². The lowest BCUT2D eigenvalue weighted by molar-refractivity contribution is -0.567. The lowest BCUT2D eigenvalue weighted by Gasteiger charge is -2.12. The van der Waals surface area contributed by atoms with Gasteiger partial charge in [-0.05, 0) is 18.2 Å². The third kappa shape index (κ3) is 2.06. The molecule has 3 rings (SSSR count). The molecule has 0 amide bonds. The molecule has 6 heteroatoms. The second-order valence-electron chi connectivity index (χ2n) is 4.29. The summed E-state index contributed by atoms with van der Waals surface area (Å²) in [4.78, 5) is 17.9. The number of para-hydroxylation sites is 2. The minimum absolute atomic E-state index is 0.122. The van der Waals surface area contributed by atoms with Crippen molar-refractivity contribution in [2.24, 2.45) is 0 Å². The zero-order valence-corrected chi connectivity index (χ0v) is 11.1. The molecule has 0 saturated heterocycles. The number of hydrogen-bond acceptors (Lipinski definition) is 4. The van der Waals surface area contributed by atoms with Gasteiger partial charge in [0.2, 0.25) is 11.3 Å². The van der Waals surface area contributed by atoms with Crippen LogP contribution in [0.5, 0.6) is 0 Å². The molecular weight excluding hydrogens is 272 g/mol. The van der Waals surface area contributed by atoms with E-state index in [0.29, 0.717) is 15.8 Å². The van der Waals surface area contributed by atoms with Gasteiger partial charge in [0.25, 0.3) is 0 Å². The van der Waals surface area contributed by atoms with Crippen molar-refractivity contribution >= 4 is 11.0 Å². The number of hydrogen-bond donors (Lipinski definition) is 0. The highest BCUT2D eigenvalue weighted by atomic mass is 16.7. The summed E-state index contributed by atoms with van der Waals surface area (Å²) < 4.78 is 6.83. The molecule has 0 saturated carbocycles. The van der Waals surface area contributed by atoms with E-state index in [1.54, 1.807) is 36.4 Å². The van der Waals surface area contributed by atoms with Crippen molar-refractivity contribution in [2.75, 3.05) is 6.61 Å². The first kappa shape index (κ1) is 13.0. The highest BCUT2D eigenvalue weighted by Gasteiger charge is 2.24. The van der Waals surface area contributed by atoms with Gasteiger partial charge in [-0.25, -0.2) is 0 Å². The van der Waals surface area contributed by atoms with E-state index < -0.39 is 5.56 Å². The predicted octanol–water partition coefficient (Wildman–Crippen LogP) is 1.51. The van der Waals surface area contributed by atoms with Crippen LogP contribution in [-0.4, -0.2) is 11.3 Å². The third-order valence-corrected chi connectivity index (χ3v) is 2.99. The van der Waals surface area contributed by atoms with Crippen molar-refractivity contribution in [3.8, 4) is 11.5 Å². The first-order chi connectivity index (χ1) is 10.2. The molecule has 0 spiro atoms. The van der Waals surface area contributed by atoms with E-state index in [1.165, 1.54) is 12.3 Å². The number of furan rings is 1. The predicted molar refractivity (Wildman–Crippen MR) is 76.5 cm³/mol. The maximum absolute atomic E-state index is 12.5. The van der Waals surface area contributed by atoms with Gasteiger partial charge in [-0.3, -0.25) is 4.79 Å². The number of nitrogens with zero attached hydrogens (tertiary/aromatic N) is 2. The van der Waals surface area contributed by atoms with Crippen LogP contribution < -0.4 is 15.1 Å². The molecule has 6 nitrogen and oxygen atoms in total. The lowest BCUT2D eigenvalue weighted by Crippen LogP contribution is -2.42. The van der Waals surface area contributed by atoms with Gasteiger partial charge >= 0.3 is 11.3 Å². The van der Waals surface area contributed by atoms with E-state index in [-0.39, 0.29) is 18.1 Å². The summed E-state index contributed by atoms with van der Waals surface area (Å²) in [5, 5.41) is 12.4. The minimum Gasteiger partial charge on any atom is -0.618 e. The topological polar surface area (TPSA) is 71.3 Å². The summed E-state index contributed by atoms with van der Waals surface area (Å²) in [5.41, 5.74) is -0.00881. The SMILES string of the molecule is C=CCOn1c(=O)c(-c2ccco2)[n+]([O-])c2ccccc21. The molecule has 0 radical (unpaired) electrons. The average molecular weight is 284 g/mol. The Kier molecular flexibility index (Phi) is 3.19. The molecule has 0 fully saturated rings. The van der Waals surface area contributed by atoms with Crippen LogP contribution >= 0.6 is 0 Å². The first-order valence-corrected chi connectivity index (χ1v) is 6.29. The Balaban J connectivity index is 2.38. The minimum atomic E-state index is -0.583. The van der Waals surface area contributed by atoms with Gasteiger partial charge in [-0.2, -0.15) is 4.73 Å². The van der Waals surface area contributed by atoms with Crippen LogP contribution in [0, 0.1) is 5.21 Å². The van der Waals surface area contributed by atoms with E-state index in [4.69, 9.17) is 9.25 Å². The van der Waals surface area contributed by atoms with Gasteiger partial charge in [-0.1, -0.05) is 24.8 Å². The average Bonchev–Trinajstić information content (AvgIpc) is 3.01. The Morgan fingerprint density at radius 1 is 1.33 bits per heavy atom. The molecule has 0 aliphatic rings. The van der Waals surface area contributed by atoms with E-state index in [0.717, 1.165) is 4.73 Å². The van der Waals surface area contributed by atoms with Gasteiger partial charge in [-0.15, -0.1) is 4.73 Å². The van der Waals surface area contributed by atoms with Crippen LogP contribution in [0.15, 0.2) is 64.5 Å². The summed E-state index contributed by atoms with van der Waals surface area (Å²) in [5.74, 6) is 0.191. The van der Waals surface area contributed by atoms with Crippen molar-refractivity contribution in [1.29, 1.82) is 0 Å². The van der Waals surface area contributed by atoms with E-state index >= 15 is 0 Å². The molecule has 0 bridgehead atoms. The molecule has 2 heterocycles. The lowest BCUT2D eigenvalue weighted by atomic mass is 10.2. The smallest absolute Gasteiger partial charge is 0.361 e. The Labute approximate surface area is 119 Å². The molecule has 21 heavy (non-hydrogen) atoms. The van der Waals surface area contributed by atoms with Crippen LogP contribution in [0.25, 0.3) is 22.5 Å². The van der Waals surface area contributed by atoms with Gasteiger partial charge in [0.05, 0.1) is 6.26 Å². The fourth-order valence-electron chi connectivity index (χ4n) is 2.09. The Hall–Kier alpha value is -3.02. The molecule has 0 atom stereocenters. The Morgan fingerprint density at radius 3 is 2.86 bits per heavy atom. The normalized spacial score (nSPS) is 10.7. The Bertz CT molecular complexity index is 850. The van der Waals surface area contributed by atoms with Crippen LogP contribution in [0.2, 0.25) is 0 Å². The number of aromatic nitrogens is 2. The zero-order chi connectivity index (χ0) is 14.8. The number of benzene rings is 1. The molecule has 106 valence electrons. The summed E-state index contributed by atoms with van der Waals surface area (Å²) in [6.07, 6.45) is 2.92.